The maximum Gasteiger partial charge on any atom is 0.254 e. The van der Waals surface area contributed by atoms with Gasteiger partial charge in [0.1, 0.15) is 6.54 Å². The summed E-state index contributed by atoms with van der Waals surface area (Å²) in [6.45, 7) is 11.2. The molecule has 0 unspecified atom stereocenters. The molecule has 3 aromatic rings. The number of hydrogen-bond donors (Lipinski definition) is 0. The second-order valence-electron chi connectivity index (χ2n) is 10.1. The fourth-order valence-electron chi connectivity index (χ4n) is 4.28. The van der Waals surface area contributed by atoms with Crippen LogP contribution in [0.2, 0.25) is 0 Å². The van der Waals surface area contributed by atoms with Gasteiger partial charge in [-0.15, -0.1) is 0 Å². The van der Waals surface area contributed by atoms with Crippen LogP contribution in [0.25, 0.3) is 0 Å². The van der Waals surface area contributed by atoms with Gasteiger partial charge in [-0.2, -0.15) is 0 Å². The first-order valence-electron chi connectivity index (χ1n) is 13.2. The van der Waals surface area contributed by atoms with Gasteiger partial charge in [0, 0.05) is 37.1 Å². The zero-order valence-electron chi connectivity index (χ0n) is 22.3. The number of carbonyl (C=O) groups excluding carboxylic acids is 2. The molecule has 0 spiro atoms. The van der Waals surface area contributed by atoms with E-state index in [9.17, 15) is 9.59 Å². The molecule has 3 rings (SSSR count). The van der Waals surface area contributed by atoms with Crippen molar-refractivity contribution in [2.75, 3.05) is 19.6 Å². The second-order valence-corrected chi connectivity index (χ2v) is 10.1. The molecule has 0 aliphatic carbocycles. The number of carbonyl (C=O) groups is 2. The highest BCUT2D eigenvalue weighted by atomic mass is 16.2. The molecule has 0 N–H and O–H groups in total. The Balaban J connectivity index is 1.76. The van der Waals surface area contributed by atoms with Gasteiger partial charge in [0.2, 0.25) is 5.91 Å². The third kappa shape index (κ3) is 8.11. The van der Waals surface area contributed by atoms with Crippen LogP contribution in [-0.2, 0) is 17.9 Å². The highest BCUT2D eigenvalue weighted by Gasteiger charge is 2.23. The zero-order chi connectivity index (χ0) is 25.9. The maximum atomic E-state index is 13.6. The van der Waals surface area contributed by atoms with E-state index in [0.29, 0.717) is 31.1 Å². The Morgan fingerprint density at radius 3 is 2.39 bits per heavy atom. The predicted molar refractivity (Wildman–Crippen MR) is 147 cm³/mol. The van der Waals surface area contributed by atoms with Crippen molar-refractivity contribution in [2.45, 2.75) is 60.0 Å². The monoisotopic (exact) mass is 487 g/mol. The molecule has 0 saturated heterocycles. The summed E-state index contributed by atoms with van der Waals surface area (Å²) in [7, 11) is 0. The van der Waals surface area contributed by atoms with Crippen LogP contribution in [-0.4, -0.2) is 45.8 Å². The van der Waals surface area contributed by atoms with Gasteiger partial charge in [-0.25, -0.2) is 0 Å². The number of unbranched alkanes of at least 4 members (excludes halogenated alkanes) is 1. The molecule has 1 aromatic heterocycles. The lowest BCUT2D eigenvalue weighted by molar-refractivity contribution is -0.132. The Morgan fingerprint density at radius 2 is 1.69 bits per heavy atom. The van der Waals surface area contributed by atoms with Crippen LogP contribution in [0.1, 0.15) is 67.2 Å². The molecule has 0 atom stereocenters. The third-order valence-electron chi connectivity index (χ3n) is 6.46. The summed E-state index contributed by atoms with van der Waals surface area (Å²) in [5.41, 5.74) is 4.21. The molecule has 2 aromatic carbocycles. The lowest BCUT2D eigenvalue weighted by Gasteiger charge is -2.28. The number of amides is 2. The molecular weight excluding hydrogens is 446 g/mol. The molecule has 0 radical (unpaired) electrons. The van der Waals surface area contributed by atoms with Crippen molar-refractivity contribution in [1.29, 1.82) is 0 Å². The van der Waals surface area contributed by atoms with Crippen molar-refractivity contribution in [3.8, 4) is 0 Å². The lowest BCUT2D eigenvalue weighted by atomic mass is 10.1. The fourth-order valence-corrected chi connectivity index (χ4v) is 4.28. The van der Waals surface area contributed by atoms with Crippen molar-refractivity contribution in [3.05, 3.63) is 95.3 Å². The number of benzene rings is 2. The molecule has 0 saturated carbocycles. The van der Waals surface area contributed by atoms with E-state index in [0.717, 1.165) is 31.5 Å². The number of rotatable bonds is 13. The Kier molecular flexibility index (Phi) is 10.3. The average molecular weight is 488 g/mol. The van der Waals surface area contributed by atoms with E-state index in [-0.39, 0.29) is 18.4 Å². The topological polar surface area (TPSA) is 45.6 Å². The number of hydrogen-bond acceptors (Lipinski definition) is 2. The first-order valence-corrected chi connectivity index (χ1v) is 13.2. The Hall–Kier alpha value is -3.34. The molecule has 0 fully saturated rings. The Bertz CT molecular complexity index is 1100. The van der Waals surface area contributed by atoms with Gasteiger partial charge in [-0.05, 0) is 55.5 Å². The summed E-state index contributed by atoms with van der Waals surface area (Å²) in [5.74, 6) is 0.370. The van der Waals surface area contributed by atoms with Crippen LogP contribution in [0, 0.1) is 12.8 Å². The molecular formula is C31H41N3O2. The first kappa shape index (κ1) is 27.3. The van der Waals surface area contributed by atoms with Gasteiger partial charge >= 0.3 is 0 Å². The largest absolute Gasteiger partial charge is 0.345 e. The smallest absolute Gasteiger partial charge is 0.254 e. The summed E-state index contributed by atoms with van der Waals surface area (Å²) in [6, 6.07) is 21.9. The van der Waals surface area contributed by atoms with E-state index >= 15 is 0 Å². The number of aryl methyl sites for hydroxylation is 1. The minimum Gasteiger partial charge on any atom is -0.345 e. The standard InChI is InChI=1S/C31H41N3O2/c1-5-6-18-33(23-29-16-11-19-32(29)22-27-13-10-12-26(4)21-27)30(35)24-34(20-17-25(2)3)31(36)28-14-8-7-9-15-28/h7-16,19,21,25H,5-6,17-18,20,22-24H2,1-4H3. The third-order valence-corrected chi connectivity index (χ3v) is 6.46. The normalized spacial score (nSPS) is 11.0. The first-order chi connectivity index (χ1) is 17.4. The van der Waals surface area contributed by atoms with Gasteiger partial charge in [-0.3, -0.25) is 9.59 Å². The van der Waals surface area contributed by atoms with Crippen LogP contribution in [0.4, 0.5) is 0 Å². The van der Waals surface area contributed by atoms with Gasteiger partial charge < -0.3 is 14.4 Å². The molecule has 0 bridgehead atoms. The lowest BCUT2D eigenvalue weighted by Crippen LogP contribution is -2.44. The summed E-state index contributed by atoms with van der Waals surface area (Å²) in [5, 5.41) is 0. The van der Waals surface area contributed by atoms with Crippen molar-refractivity contribution >= 4 is 11.8 Å². The van der Waals surface area contributed by atoms with Crippen molar-refractivity contribution in [2.24, 2.45) is 5.92 Å². The minimum absolute atomic E-state index is 0.000192. The molecule has 36 heavy (non-hydrogen) atoms. The quantitative estimate of drug-likeness (QED) is 0.290. The van der Waals surface area contributed by atoms with Gasteiger partial charge in [0.15, 0.2) is 0 Å². The van der Waals surface area contributed by atoms with Crippen LogP contribution in [0.3, 0.4) is 0 Å². The molecule has 5 nitrogen and oxygen atoms in total. The van der Waals surface area contributed by atoms with Crippen molar-refractivity contribution in [1.82, 2.24) is 14.4 Å². The molecule has 5 heteroatoms. The summed E-state index contributed by atoms with van der Waals surface area (Å²) in [4.78, 5) is 30.5. The summed E-state index contributed by atoms with van der Waals surface area (Å²) >= 11 is 0. The maximum absolute atomic E-state index is 13.6. The highest BCUT2D eigenvalue weighted by Crippen LogP contribution is 2.15. The van der Waals surface area contributed by atoms with Crippen LogP contribution in [0.5, 0.6) is 0 Å². The summed E-state index contributed by atoms with van der Waals surface area (Å²) in [6.07, 6.45) is 4.88. The predicted octanol–water partition coefficient (Wildman–Crippen LogP) is 6.16. The fraction of sp³-hybridized carbons (Fsp3) is 0.419. The number of nitrogens with zero attached hydrogens (tertiary/aromatic N) is 3. The van der Waals surface area contributed by atoms with Gasteiger partial charge in [0.05, 0.1) is 6.54 Å². The highest BCUT2D eigenvalue weighted by molar-refractivity contribution is 5.96. The van der Waals surface area contributed by atoms with Gasteiger partial charge in [0.25, 0.3) is 5.91 Å². The van der Waals surface area contributed by atoms with Gasteiger partial charge in [-0.1, -0.05) is 75.2 Å². The molecule has 2 amide bonds. The van der Waals surface area contributed by atoms with E-state index < -0.39 is 0 Å². The minimum atomic E-state index is -0.0807. The van der Waals surface area contributed by atoms with Crippen molar-refractivity contribution < 1.29 is 9.59 Å². The molecule has 0 aliphatic rings. The van der Waals surface area contributed by atoms with E-state index in [1.165, 1.54) is 11.1 Å². The van der Waals surface area contributed by atoms with E-state index in [4.69, 9.17) is 0 Å². The molecule has 1 heterocycles. The Morgan fingerprint density at radius 1 is 0.917 bits per heavy atom. The summed E-state index contributed by atoms with van der Waals surface area (Å²) < 4.78 is 2.21. The van der Waals surface area contributed by atoms with Crippen LogP contribution in [0.15, 0.2) is 72.9 Å². The number of aromatic nitrogens is 1. The average Bonchev–Trinajstić information content (AvgIpc) is 3.30. The van der Waals surface area contributed by atoms with Crippen molar-refractivity contribution in [3.63, 3.8) is 0 Å². The van der Waals surface area contributed by atoms with E-state index in [1.54, 1.807) is 4.90 Å². The SMILES string of the molecule is CCCCN(Cc1cccn1Cc1cccc(C)c1)C(=O)CN(CCC(C)C)C(=O)c1ccccc1. The molecule has 0 aliphatic heterocycles. The Labute approximate surface area is 216 Å². The second kappa shape index (κ2) is 13.7. The van der Waals surface area contributed by atoms with E-state index in [1.807, 2.05) is 41.3 Å². The van der Waals surface area contributed by atoms with E-state index in [2.05, 4.69) is 68.8 Å². The van der Waals surface area contributed by atoms with Crippen LogP contribution >= 0.6 is 0 Å². The zero-order valence-corrected chi connectivity index (χ0v) is 22.3. The van der Waals surface area contributed by atoms with Crippen LogP contribution < -0.4 is 0 Å². The molecule has 192 valence electrons.